The minimum atomic E-state index is 0.183. The summed E-state index contributed by atoms with van der Waals surface area (Å²) < 4.78 is 5.86. The van der Waals surface area contributed by atoms with Crippen LogP contribution in [0.5, 0.6) is 0 Å². The minimum Gasteiger partial charge on any atom is -0.492 e. The largest absolute Gasteiger partial charge is 0.492 e. The van der Waals surface area contributed by atoms with E-state index in [2.05, 4.69) is 18.4 Å². The van der Waals surface area contributed by atoms with Gasteiger partial charge in [0.05, 0.1) is 5.76 Å². The van der Waals surface area contributed by atoms with Gasteiger partial charge in [-0.1, -0.05) is 13.5 Å². The predicted octanol–water partition coefficient (Wildman–Crippen LogP) is 2.17. The number of piperidine rings is 1. The van der Waals surface area contributed by atoms with Crippen LogP contribution in [0.4, 0.5) is 0 Å². The number of ether oxygens (including phenoxy) is 1. The van der Waals surface area contributed by atoms with Crippen LogP contribution in [-0.2, 0) is 4.74 Å². The smallest absolute Gasteiger partial charge is 0.111 e. The number of rotatable bonds is 1. The summed E-state index contributed by atoms with van der Waals surface area (Å²) in [4.78, 5) is 2.50. The van der Waals surface area contributed by atoms with Gasteiger partial charge in [-0.15, -0.1) is 0 Å². The van der Waals surface area contributed by atoms with Crippen LogP contribution in [0, 0.1) is 0 Å². The van der Waals surface area contributed by atoms with Gasteiger partial charge >= 0.3 is 0 Å². The standard InChI is InChI=1S/C11H19NO/c1-3-12-8-6-11(7-9-12)5-4-10(2)13-11/h2-9H2,1H3. The summed E-state index contributed by atoms with van der Waals surface area (Å²) >= 11 is 0. The molecule has 0 aliphatic carbocycles. The molecule has 2 heterocycles. The first kappa shape index (κ1) is 9.07. The van der Waals surface area contributed by atoms with Crippen molar-refractivity contribution in [2.45, 2.75) is 38.2 Å². The lowest BCUT2D eigenvalue weighted by molar-refractivity contribution is -0.0166. The summed E-state index contributed by atoms with van der Waals surface area (Å²) in [5, 5.41) is 0. The molecule has 1 spiro atoms. The van der Waals surface area contributed by atoms with Gasteiger partial charge in [-0.2, -0.15) is 0 Å². The summed E-state index contributed by atoms with van der Waals surface area (Å²) in [6.07, 6.45) is 4.66. The number of likely N-dealkylation sites (tertiary alicyclic amines) is 1. The van der Waals surface area contributed by atoms with Crippen molar-refractivity contribution in [1.82, 2.24) is 4.90 Å². The molecule has 0 unspecified atom stereocenters. The first-order valence-corrected chi connectivity index (χ1v) is 5.33. The van der Waals surface area contributed by atoms with Crippen LogP contribution in [0.2, 0.25) is 0 Å². The molecule has 0 atom stereocenters. The second-order valence-electron chi connectivity index (χ2n) is 4.26. The molecule has 0 aromatic carbocycles. The average Bonchev–Trinajstić information content (AvgIpc) is 2.49. The molecule has 0 amide bonds. The molecular weight excluding hydrogens is 162 g/mol. The van der Waals surface area contributed by atoms with Crippen molar-refractivity contribution in [3.05, 3.63) is 12.3 Å². The van der Waals surface area contributed by atoms with Crippen molar-refractivity contribution in [3.8, 4) is 0 Å². The van der Waals surface area contributed by atoms with E-state index >= 15 is 0 Å². The van der Waals surface area contributed by atoms with Crippen LogP contribution in [0.15, 0.2) is 12.3 Å². The second-order valence-corrected chi connectivity index (χ2v) is 4.26. The van der Waals surface area contributed by atoms with Gasteiger partial charge in [-0.3, -0.25) is 0 Å². The van der Waals surface area contributed by atoms with Gasteiger partial charge in [-0.05, 0) is 25.8 Å². The Labute approximate surface area is 80.6 Å². The molecule has 2 saturated heterocycles. The summed E-state index contributed by atoms with van der Waals surface area (Å²) in [6.45, 7) is 9.71. The molecule has 2 aliphatic rings. The van der Waals surface area contributed by atoms with E-state index in [1.807, 2.05) is 0 Å². The Hall–Kier alpha value is -0.500. The molecule has 2 fully saturated rings. The fraction of sp³-hybridized carbons (Fsp3) is 0.818. The Bertz CT molecular complexity index is 204. The highest BCUT2D eigenvalue weighted by atomic mass is 16.5. The Balaban J connectivity index is 1.93. The molecule has 2 rings (SSSR count). The third-order valence-corrected chi connectivity index (χ3v) is 3.43. The number of allylic oxidation sites excluding steroid dienone is 1. The highest BCUT2D eigenvalue weighted by Gasteiger charge is 2.40. The fourth-order valence-electron chi connectivity index (χ4n) is 2.40. The van der Waals surface area contributed by atoms with Crippen LogP contribution in [0.3, 0.4) is 0 Å². The van der Waals surface area contributed by atoms with Gasteiger partial charge in [0.25, 0.3) is 0 Å². The molecule has 2 heteroatoms. The maximum atomic E-state index is 5.86. The van der Waals surface area contributed by atoms with E-state index in [0.29, 0.717) is 0 Å². The van der Waals surface area contributed by atoms with Gasteiger partial charge in [-0.25, -0.2) is 0 Å². The van der Waals surface area contributed by atoms with Crippen LogP contribution in [-0.4, -0.2) is 30.1 Å². The van der Waals surface area contributed by atoms with Crippen molar-refractivity contribution >= 4 is 0 Å². The highest BCUT2D eigenvalue weighted by molar-refractivity contribution is 5.01. The molecule has 2 aliphatic heterocycles. The number of hydrogen-bond donors (Lipinski definition) is 0. The van der Waals surface area contributed by atoms with E-state index < -0.39 is 0 Å². The maximum absolute atomic E-state index is 5.86. The van der Waals surface area contributed by atoms with E-state index in [-0.39, 0.29) is 5.60 Å². The predicted molar refractivity (Wildman–Crippen MR) is 53.5 cm³/mol. The Morgan fingerprint density at radius 1 is 1.38 bits per heavy atom. The molecule has 2 nitrogen and oxygen atoms in total. The Kier molecular flexibility index (Phi) is 2.33. The zero-order valence-electron chi connectivity index (χ0n) is 8.51. The van der Waals surface area contributed by atoms with Crippen molar-refractivity contribution in [2.24, 2.45) is 0 Å². The molecule has 13 heavy (non-hydrogen) atoms. The summed E-state index contributed by atoms with van der Waals surface area (Å²) in [7, 11) is 0. The fourth-order valence-corrected chi connectivity index (χ4v) is 2.40. The average molecular weight is 181 g/mol. The zero-order valence-corrected chi connectivity index (χ0v) is 8.51. The molecule has 0 aromatic rings. The van der Waals surface area contributed by atoms with Gasteiger partial charge in [0.15, 0.2) is 0 Å². The summed E-state index contributed by atoms with van der Waals surface area (Å²) in [5.74, 6) is 1.00. The van der Waals surface area contributed by atoms with Gasteiger partial charge in [0, 0.05) is 19.5 Å². The van der Waals surface area contributed by atoms with Gasteiger partial charge in [0.2, 0.25) is 0 Å². The SMILES string of the molecule is C=C1CCC2(CCN(CC)CC2)O1. The Morgan fingerprint density at radius 3 is 2.54 bits per heavy atom. The van der Waals surface area contributed by atoms with E-state index in [1.165, 1.54) is 38.9 Å². The lowest BCUT2D eigenvalue weighted by Gasteiger charge is -2.38. The van der Waals surface area contributed by atoms with Crippen LogP contribution in [0.25, 0.3) is 0 Å². The minimum absolute atomic E-state index is 0.183. The third kappa shape index (κ3) is 1.73. The van der Waals surface area contributed by atoms with E-state index in [9.17, 15) is 0 Å². The van der Waals surface area contributed by atoms with Gasteiger partial charge in [0.1, 0.15) is 5.60 Å². The number of nitrogens with zero attached hydrogens (tertiary/aromatic N) is 1. The van der Waals surface area contributed by atoms with Crippen molar-refractivity contribution < 1.29 is 4.74 Å². The quantitative estimate of drug-likeness (QED) is 0.614. The zero-order chi connectivity index (χ0) is 9.31. The van der Waals surface area contributed by atoms with Gasteiger partial charge < -0.3 is 9.64 Å². The Morgan fingerprint density at radius 2 is 2.08 bits per heavy atom. The first-order chi connectivity index (χ1) is 6.24. The van der Waals surface area contributed by atoms with Crippen LogP contribution in [0.1, 0.15) is 32.6 Å². The molecule has 0 aromatic heterocycles. The molecular formula is C11H19NO. The highest BCUT2D eigenvalue weighted by Crippen LogP contribution is 2.39. The molecule has 0 saturated carbocycles. The van der Waals surface area contributed by atoms with Crippen molar-refractivity contribution in [1.29, 1.82) is 0 Å². The normalized spacial score (nSPS) is 27.9. The van der Waals surface area contributed by atoms with E-state index in [1.54, 1.807) is 0 Å². The molecule has 74 valence electrons. The maximum Gasteiger partial charge on any atom is 0.111 e. The second kappa shape index (κ2) is 3.33. The van der Waals surface area contributed by atoms with Crippen molar-refractivity contribution in [3.63, 3.8) is 0 Å². The lowest BCUT2D eigenvalue weighted by Crippen LogP contribution is -2.43. The van der Waals surface area contributed by atoms with Crippen molar-refractivity contribution in [2.75, 3.05) is 19.6 Å². The summed E-state index contributed by atoms with van der Waals surface area (Å²) in [5.41, 5.74) is 0.183. The lowest BCUT2D eigenvalue weighted by atomic mass is 9.89. The molecule has 0 bridgehead atoms. The van der Waals surface area contributed by atoms with Crippen LogP contribution >= 0.6 is 0 Å². The van der Waals surface area contributed by atoms with E-state index in [0.717, 1.165) is 12.2 Å². The monoisotopic (exact) mass is 181 g/mol. The molecule has 0 radical (unpaired) electrons. The van der Waals surface area contributed by atoms with Crippen LogP contribution < -0.4 is 0 Å². The number of hydrogen-bond acceptors (Lipinski definition) is 2. The summed E-state index contributed by atoms with van der Waals surface area (Å²) in [6, 6.07) is 0. The first-order valence-electron chi connectivity index (χ1n) is 5.33. The third-order valence-electron chi connectivity index (χ3n) is 3.43. The topological polar surface area (TPSA) is 12.5 Å². The van der Waals surface area contributed by atoms with E-state index in [4.69, 9.17) is 4.74 Å². The molecule has 0 N–H and O–H groups in total.